The molecule has 0 fully saturated rings. The first-order valence-electron chi connectivity index (χ1n) is 10.1. The maximum absolute atomic E-state index is 12.3. The van der Waals surface area contributed by atoms with Crippen LogP contribution in [0.5, 0.6) is 0 Å². The zero-order chi connectivity index (χ0) is 18.5. The van der Waals surface area contributed by atoms with Gasteiger partial charge in [0, 0.05) is 52.3 Å². The van der Waals surface area contributed by atoms with Crippen molar-refractivity contribution >= 4 is 45.8 Å². The third-order valence-corrected chi connectivity index (χ3v) is 6.20. The minimum absolute atomic E-state index is 0. The van der Waals surface area contributed by atoms with Crippen LogP contribution in [0, 0.1) is 0 Å². The first-order chi connectivity index (χ1) is 13.2. The molecule has 0 unspecified atom stereocenters. The Bertz CT molecular complexity index is 1030. The molecule has 2 aliphatic rings. The number of nitrogens with zero attached hydrogens (tertiary/aromatic N) is 1. The van der Waals surface area contributed by atoms with Gasteiger partial charge in [-0.25, -0.2) is 0 Å². The summed E-state index contributed by atoms with van der Waals surface area (Å²) in [5.74, 6) is 0.507. The lowest BCUT2D eigenvalue weighted by atomic mass is 9.98. The summed E-state index contributed by atoms with van der Waals surface area (Å²) in [7, 11) is 0. The highest BCUT2D eigenvalue weighted by molar-refractivity contribution is 6.18. The second kappa shape index (κ2) is 7.34. The molecule has 1 N–H and O–H groups in total. The lowest BCUT2D eigenvalue weighted by molar-refractivity contribution is 0.0986. The quantitative estimate of drug-likeness (QED) is 0.647. The van der Waals surface area contributed by atoms with E-state index < -0.39 is 0 Å². The standard InChI is InChI=1S/C23H24N2O2.ClH/c1-2-24-12-3-13-25-18-8-4-14-16(6-10-20(14)26)22(18)23-17-7-11-21(27)15(17)5-9-19(23)25;/h4-5,8-9,24H,2-3,6-7,10-13H2,1H3;1H. The fraction of sp³-hybridized carbons (Fsp3) is 0.391. The minimum atomic E-state index is 0. The minimum Gasteiger partial charge on any atom is -0.340 e. The van der Waals surface area contributed by atoms with Crippen molar-refractivity contribution in [2.45, 2.75) is 45.6 Å². The Morgan fingerprint density at radius 3 is 1.89 bits per heavy atom. The smallest absolute Gasteiger partial charge is 0.163 e. The first kappa shape index (κ1) is 19.2. The molecule has 1 aromatic heterocycles. The summed E-state index contributed by atoms with van der Waals surface area (Å²) >= 11 is 0. The van der Waals surface area contributed by atoms with Crippen molar-refractivity contribution in [3.63, 3.8) is 0 Å². The normalized spacial score (nSPS) is 15.3. The second-order valence-electron chi connectivity index (χ2n) is 7.68. The van der Waals surface area contributed by atoms with E-state index >= 15 is 0 Å². The maximum atomic E-state index is 12.3. The summed E-state index contributed by atoms with van der Waals surface area (Å²) in [4.78, 5) is 24.6. The molecule has 2 aliphatic carbocycles. The summed E-state index contributed by atoms with van der Waals surface area (Å²) in [6.07, 6.45) is 3.91. The SMILES string of the molecule is CCNCCCn1c2ccc3c(c2c2c4c(ccc21)C(=O)CC4)CCC3=O.Cl. The number of aromatic nitrogens is 1. The van der Waals surface area contributed by atoms with Crippen LogP contribution < -0.4 is 5.32 Å². The van der Waals surface area contributed by atoms with E-state index in [1.165, 1.54) is 32.9 Å². The third kappa shape index (κ3) is 2.70. The highest BCUT2D eigenvalue weighted by Gasteiger charge is 2.29. The monoisotopic (exact) mass is 396 g/mol. The highest BCUT2D eigenvalue weighted by atomic mass is 35.5. The molecule has 146 valence electrons. The molecular formula is C23H25ClN2O2. The van der Waals surface area contributed by atoms with Crippen molar-refractivity contribution in [2.75, 3.05) is 13.1 Å². The van der Waals surface area contributed by atoms with Gasteiger partial charge >= 0.3 is 0 Å². The number of fused-ring (bicyclic) bond motifs is 7. The van der Waals surface area contributed by atoms with Gasteiger partial charge in [-0.1, -0.05) is 6.92 Å². The summed E-state index contributed by atoms with van der Waals surface area (Å²) in [5.41, 5.74) is 6.58. The van der Waals surface area contributed by atoms with Crippen LogP contribution in [0.2, 0.25) is 0 Å². The predicted molar refractivity (Wildman–Crippen MR) is 115 cm³/mol. The molecule has 28 heavy (non-hydrogen) atoms. The van der Waals surface area contributed by atoms with Crippen LogP contribution in [0.4, 0.5) is 0 Å². The van der Waals surface area contributed by atoms with E-state index in [-0.39, 0.29) is 24.0 Å². The van der Waals surface area contributed by atoms with Gasteiger partial charge in [0.1, 0.15) is 0 Å². The van der Waals surface area contributed by atoms with E-state index in [0.29, 0.717) is 12.8 Å². The molecule has 0 spiro atoms. The molecule has 0 atom stereocenters. The summed E-state index contributed by atoms with van der Waals surface area (Å²) in [6.45, 7) is 5.04. The second-order valence-corrected chi connectivity index (χ2v) is 7.68. The van der Waals surface area contributed by atoms with Crippen LogP contribution in [0.15, 0.2) is 24.3 Å². The van der Waals surface area contributed by atoms with Gasteiger partial charge in [0.2, 0.25) is 0 Å². The number of nitrogens with one attached hydrogen (secondary N) is 1. The van der Waals surface area contributed by atoms with Crippen molar-refractivity contribution in [3.05, 3.63) is 46.5 Å². The molecule has 0 bridgehead atoms. The van der Waals surface area contributed by atoms with Crippen LogP contribution >= 0.6 is 12.4 Å². The van der Waals surface area contributed by atoms with Crippen LogP contribution in [0.1, 0.15) is 58.0 Å². The number of aryl methyl sites for hydroxylation is 3. The highest BCUT2D eigenvalue weighted by Crippen LogP contribution is 2.41. The molecule has 0 aliphatic heterocycles. The van der Waals surface area contributed by atoms with Gasteiger partial charge < -0.3 is 9.88 Å². The average molecular weight is 397 g/mol. The molecule has 5 rings (SSSR count). The van der Waals surface area contributed by atoms with Crippen molar-refractivity contribution in [1.82, 2.24) is 9.88 Å². The van der Waals surface area contributed by atoms with E-state index in [4.69, 9.17) is 0 Å². The lowest BCUT2D eigenvalue weighted by Gasteiger charge is -2.09. The summed E-state index contributed by atoms with van der Waals surface area (Å²) in [6, 6.07) is 8.26. The number of halogens is 1. The number of rotatable bonds is 5. The molecule has 0 saturated carbocycles. The van der Waals surface area contributed by atoms with Crippen LogP contribution in [-0.2, 0) is 19.4 Å². The van der Waals surface area contributed by atoms with Gasteiger partial charge in [0.15, 0.2) is 11.6 Å². The zero-order valence-electron chi connectivity index (χ0n) is 16.1. The molecule has 2 aromatic carbocycles. The number of carbonyl (C=O) groups excluding carboxylic acids is 2. The van der Waals surface area contributed by atoms with E-state index in [2.05, 4.69) is 28.9 Å². The fourth-order valence-corrected chi connectivity index (χ4v) is 4.98. The summed E-state index contributed by atoms with van der Waals surface area (Å²) < 4.78 is 2.40. The Morgan fingerprint density at radius 2 is 1.39 bits per heavy atom. The topological polar surface area (TPSA) is 51.1 Å². The van der Waals surface area contributed by atoms with Crippen LogP contribution in [0.3, 0.4) is 0 Å². The van der Waals surface area contributed by atoms with Crippen molar-refractivity contribution < 1.29 is 9.59 Å². The molecule has 4 nitrogen and oxygen atoms in total. The molecule has 0 saturated heterocycles. The van der Waals surface area contributed by atoms with E-state index in [9.17, 15) is 9.59 Å². The number of Topliss-reactive ketones (excluding diaryl/α,β-unsaturated/α-hetero) is 2. The van der Waals surface area contributed by atoms with Gasteiger partial charge in [0.05, 0.1) is 0 Å². The zero-order valence-corrected chi connectivity index (χ0v) is 17.0. The van der Waals surface area contributed by atoms with Crippen molar-refractivity contribution in [3.8, 4) is 0 Å². The first-order valence-corrected chi connectivity index (χ1v) is 10.1. The van der Waals surface area contributed by atoms with Gasteiger partial charge in [0.25, 0.3) is 0 Å². The number of benzene rings is 2. The van der Waals surface area contributed by atoms with E-state index in [1.807, 2.05) is 12.1 Å². The Balaban J connectivity index is 0.00000192. The maximum Gasteiger partial charge on any atom is 0.163 e. The molecule has 0 amide bonds. The van der Waals surface area contributed by atoms with Gasteiger partial charge in [-0.05, 0) is 67.7 Å². The Labute approximate surface area is 170 Å². The number of carbonyl (C=O) groups is 2. The number of ketones is 2. The van der Waals surface area contributed by atoms with Crippen LogP contribution in [-0.4, -0.2) is 29.2 Å². The van der Waals surface area contributed by atoms with Crippen molar-refractivity contribution in [1.29, 1.82) is 0 Å². The van der Waals surface area contributed by atoms with Gasteiger partial charge in [-0.3, -0.25) is 9.59 Å². The van der Waals surface area contributed by atoms with E-state index in [1.54, 1.807) is 0 Å². The number of hydrogen-bond acceptors (Lipinski definition) is 3. The molecule has 5 heteroatoms. The largest absolute Gasteiger partial charge is 0.340 e. The summed E-state index contributed by atoms with van der Waals surface area (Å²) in [5, 5.41) is 5.85. The van der Waals surface area contributed by atoms with Crippen molar-refractivity contribution in [2.24, 2.45) is 0 Å². The average Bonchev–Trinajstić information content (AvgIpc) is 3.33. The Kier molecular flexibility index (Phi) is 5.02. The molecule has 3 aromatic rings. The molecular weight excluding hydrogens is 372 g/mol. The Morgan fingerprint density at radius 1 is 0.857 bits per heavy atom. The Hall–Kier alpha value is -2.17. The van der Waals surface area contributed by atoms with Gasteiger partial charge in [-0.2, -0.15) is 0 Å². The fourth-order valence-electron chi connectivity index (χ4n) is 4.98. The van der Waals surface area contributed by atoms with Gasteiger partial charge in [-0.15, -0.1) is 12.4 Å². The van der Waals surface area contributed by atoms with Crippen LogP contribution in [0.25, 0.3) is 21.8 Å². The van der Waals surface area contributed by atoms with E-state index in [0.717, 1.165) is 50.0 Å². The number of hydrogen-bond donors (Lipinski definition) is 1. The predicted octanol–water partition coefficient (Wildman–Crippen LogP) is 4.47. The molecule has 0 radical (unpaired) electrons. The molecule has 1 heterocycles. The third-order valence-electron chi connectivity index (χ3n) is 6.20. The lowest BCUT2D eigenvalue weighted by Crippen LogP contribution is -2.15.